The first-order valence-electron chi connectivity index (χ1n) is 8.57. The first-order valence-corrected chi connectivity index (χ1v) is 10.3. The zero-order valence-electron chi connectivity index (χ0n) is 15.5. The monoisotopic (exact) mass is 478 g/mol. The predicted molar refractivity (Wildman–Crippen MR) is 114 cm³/mol. The topological polar surface area (TPSA) is 59.8 Å². The molecule has 3 aromatic rings. The Morgan fingerprint density at radius 1 is 1.31 bits per heavy atom. The molecule has 1 heterocycles. The van der Waals surface area contributed by atoms with E-state index in [0.29, 0.717) is 23.6 Å². The van der Waals surface area contributed by atoms with E-state index >= 15 is 0 Å². The number of benzene rings is 2. The Hall–Kier alpha value is -2.52. The summed E-state index contributed by atoms with van der Waals surface area (Å²) in [5.74, 6) is -1.39. The molecule has 0 aliphatic rings. The normalized spacial score (nSPS) is 10.8. The molecule has 0 saturated carbocycles. The van der Waals surface area contributed by atoms with Gasteiger partial charge in [0.25, 0.3) is 0 Å². The highest BCUT2D eigenvalue weighted by atomic mass is 79.9. The first kappa shape index (κ1) is 21.2. The van der Waals surface area contributed by atoms with Crippen LogP contribution in [0.25, 0.3) is 11.4 Å². The first-order chi connectivity index (χ1) is 13.9. The van der Waals surface area contributed by atoms with Gasteiger partial charge in [0.2, 0.25) is 5.91 Å². The average molecular weight is 479 g/mol. The van der Waals surface area contributed by atoms with Crippen LogP contribution in [0.5, 0.6) is 0 Å². The van der Waals surface area contributed by atoms with Crippen LogP contribution in [0.15, 0.2) is 58.7 Å². The van der Waals surface area contributed by atoms with Crippen LogP contribution in [0.4, 0.5) is 14.5 Å². The lowest BCUT2D eigenvalue weighted by Crippen LogP contribution is -2.16. The van der Waals surface area contributed by atoms with E-state index in [2.05, 4.69) is 38.0 Å². The number of thioether (sulfide) groups is 1. The van der Waals surface area contributed by atoms with Crippen LogP contribution < -0.4 is 5.32 Å². The van der Waals surface area contributed by atoms with Gasteiger partial charge in [0.1, 0.15) is 5.82 Å². The van der Waals surface area contributed by atoms with Crippen LogP contribution in [-0.4, -0.2) is 26.4 Å². The van der Waals surface area contributed by atoms with Crippen molar-refractivity contribution >= 4 is 39.3 Å². The second-order valence-corrected chi connectivity index (χ2v) is 7.95. The van der Waals surface area contributed by atoms with Gasteiger partial charge in [-0.2, -0.15) is 0 Å². The van der Waals surface area contributed by atoms with E-state index < -0.39 is 17.5 Å². The Kier molecular flexibility index (Phi) is 6.81. The van der Waals surface area contributed by atoms with Gasteiger partial charge in [-0.1, -0.05) is 41.6 Å². The average Bonchev–Trinajstić information content (AvgIpc) is 3.06. The largest absolute Gasteiger partial charge is 0.322 e. The molecule has 29 heavy (non-hydrogen) atoms. The molecule has 0 spiro atoms. The van der Waals surface area contributed by atoms with Gasteiger partial charge in [-0.05, 0) is 35.0 Å². The summed E-state index contributed by atoms with van der Waals surface area (Å²) in [4.78, 5) is 12.3. The van der Waals surface area contributed by atoms with E-state index in [-0.39, 0.29) is 15.9 Å². The van der Waals surface area contributed by atoms with Gasteiger partial charge in [0, 0.05) is 22.6 Å². The second-order valence-electron chi connectivity index (χ2n) is 6.16. The van der Waals surface area contributed by atoms with Crippen LogP contribution in [0.1, 0.15) is 5.56 Å². The molecule has 150 valence electrons. The molecule has 3 rings (SSSR count). The third-order valence-corrected chi connectivity index (χ3v) is 5.50. The molecular formula is C20H17BrF2N4OS. The Bertz CT molecular complexity index is 1050. The van der Waals surface area contributed by atoms with Crippen molar-refractivity contribution in [3.63, 3.8) is 0 Å². The molecule has 0 aliphatic heterocycles. The number of aryl methyl sites for hydroxylation is 1. The van der Waals surface area contributed by atoms with Gasteiger partial charge in [-0.25, -0.2) is 8.78 Å². The minimum atomic E-state index is -0.855. The summed E-state index contributed by atoms with van der Waals surface area (Å²) in [7, 11) is 0. The molecule has 0 radical (unpaired) electrons. The molecular weight excluding hydrogens is 462 g/mol. The maximum atomic E-state index is 13.9. The molecule has 1 amide bonds. The standard InChI is InChI=1S/C20H17BrF2N4OS/c1-3-7-27-19(13-6-4-5-12(2)8-13)25-26-20(27)29-11-17(28)24-18-15(21)9-14(22)10-16(18)23/h3-6,8-10H,1,7,11H2,2H3,(H,24,28). The molecule has 2 aromatic carbocycles. The van der Waals surface area contributed by atoms with Crippen molar-refractivity contribution in [1.82, 2.24) is 14.8 Å². The molecule has 1 aromatic heterocycles. The SMILES string of the molecule is C=CCn1c(SCC(=O)Nc2c(F)cc(F)cc2Br)nnc1-c1cccc(C)c1. The number of hydrogen-bond donors (Lipinski definition) is 1. The summed E-state index contributed by atoms with van der Waals surface area (Å²) < 4.78 is 29.1. The van der Waals surface area contributed by atoms with Crippen molar-refractivity contribution in [2.75, 3.05) is 11.1 Å². The summed E-state index contributed by atoms with van der Waals surface area (Å²) in [6.07, 6.45) is 1.72. The number of nitrogens with zero attached hydrogens (tertiary/aromatic N) is 3. The zero-order valence-corrected chi connectivity index (χ0v) is 17.9. The Morgan fingerprint density at radius 2 is 2.10 bits per heavy atom. The molecule has 1 N–H and O–H groups in total. The summed E-state index contributed by atoms with van der Waals surface area (Å²) in [5, 5.41) is 11.4. The zero-order chi connectivity index (χ0) is 21.0. The van der Waals surface area contributed by atoms with E-state index in [1.807, 2.05) is 35.8 Å². The Morgan fingerprint density at radius 3 is 2.79 bits per heavy atom. The summed E-state index contributed by atoms with van der Waals surface area (Å²) in [6.45, 7) is 6.23. The highest BCUT2D eigenvalue weighted by molar-refractivity contribution is 9.10. The Labute approximate surface area is 179 Å². The van der Waals surface area contributed by atoms with Gasteiger partial charge in [-0.15, -0.1) is 16.8 Å². The van der Waals surface area contributed by atoms with E-state index in [1.54, 1.807) is 6.08 Å². The van der Waals surface area contributed by atoms with E-state index in [9.17, 15) is 13.6 Å². The van der Waals surface area contributed by atoms with Crippen LogP contribution in [0.2, 0.25) is 0 Å². The van der Waals surface area contributed by atoms with Crippen LogP contribution in [0, 0.1) is 18.6 Å². The van der Waals surface area contributed by atoms with E-state index in [4.69, 9.17) is 0 Å². The van der Waals surface area contributed by atoms with E-state index in [0.717, 1.165) is 17.2 Å². The molecule has 0 unspecified atom stereocenters. The Balaban J connectivity index is 1.75. The fourth-order valence-electron chi connectivity index (χ4n) is 2.65. The smallest absolute Gasteiger partial charge is 0.234 e. The number of allylic oxidation sites excluding steroid dienone is 1. The van der Waals surface area contributed by atoms with Crippen molar-refractivity contribution < 1.29 is 13.6 Å². The number of anilines is 1. The maximum absolute atomic E-state index is 13.9. The lowest BCUT2D eigenvalue weighted by atomic mass is 10.1. The van der Waals surface area contributed by atoms with Gasteiger partial charge < -0.3 is 5.32 Å². The van der Waals surface area contributed by atoms with Crippen LogP contribution in [0.3, 0.4) is 0 Å². The maximum Gasteiger partial charge on any atom is 0.234 e. The minimum Gasteiger partial charge on any atom is -0.322 e. The van der Waals surface area contributed by atoms with Gasteiger partial charge >= 0.3 is 0 Å². The van der Waals surface area contributed by atoms with Crippen LogP contribution in [-0.2, 0) is 11.3 Å². The van der Waals surface area contributed by atoms with Crippen molar-refractivity contribution in [1.29, 1.82) is 0 Å². The fourth-order valence-corrected chi connectivity index (χ4v) is 3.91. The highest BCUT2D eigenvalue weighted by Gasteiger charge is 2.17. The third-order valence-electron chi connectivity index (χ3n) is 3.91. The van der Waals surface area contributed by atoms with Crippen molar-refractivity contribution in [2.45, 2.75) is 18.6 Å². The van der Waals surface area contributed by atoms with Gasteiger partial charge in [-0.3, -0.25) is 9.36 Å². The highest BCUT2D eigenvalue weighted by Crippen LogP contribution is 2.28. The number of carbonyl (C=O) groups excluding carboxylic acids is 1. The quantitative estimate of drug-likeness (QED) is 0.374. The molecule has 9 heteroatoms. The summed E-state index contributed by atoms with van der Waals surface area (Å²) in [6, 6.07) is 9.66. The third kappa shape index (κ3) is 5.10. The molecule has 0 atom stereocenters. The van der Waals surface area contributed by atoms with E-state index in [1.165, 1.54) is 11.8 Å². The lowest BCUT2D eigenvalue weighted by molar-refractivity contribution is -0.113. The number of amides is 1. The number of carbonyl (C=O) groups is 1. The van der Waals surface area contributed by atoms with Gasteiger partial charge in [0.05, 0.1) is 11.4 Å². The fraction of sp³-hybridized carbons (Fsp3) is 0.150. The molecule has 5 nitrogen and oxygen atoms in total. The van der Waals surface area contributed by atoms with Crippen molar-refractivity contribution in [2.24, 2.45) is 0 Å². The molecule has 0 saturated heterocycles. The van der Waals surface area contributed by atoms with Crippen molar-refractivity contribution in [3.8, 4) is 11.4 Å². The number of nitrogens with one attached hydrogen (secondary N) is 1. The molecule has 0 fully saturated rings. The van der Waals surface area contributed by atoms with Crippen molar-refractivity contribution in [3.05, 3.63) is 70.7 Å². The van der Waals surface area contributed by atoms with Gasteiger partial charge in [0.15, 0.2) is 16.8 Å². The summed E-state index contributed by atoms with van der Waals surface area (Å²) in [5.41, 5.74) is 1.90. The second kappa shape index (κ2) is 9.32. The number of halogens is 3. The number of hydrogen-bond acceptors (Lipinski definition) is 4. The number of rotatable bonds is 7. The molecule has 0 bridgehead atoms. The van der Waals surface area contributed by atoms with Crippen LogP contribution >= 0.6 is 27.7 Å². The lowest BCUT2D eigenvalue weighted by Gasteiger charge is -2.10. The predicted octanol–water partition coefficient (Wildman–Crippen LogP) is 5.21. The molecule has 0 aliphatic carbocycles. The summed E-state index contributed by atoms with van der Waals surface area (Å²) >= 11 is 4.22. The number of aromatic nitrogens is 3. The minimum absolute atomic E-state index is 0.0215.